The molecule has 1 amide bonds. The number of carbonyl (C=O) groups is 2. The second kappa shape index (κ2) is 5.67. The lowest BCUT2D eigenvalue weighted by Crippen LogP contribution is -2.24. The molecule has 2 rings (SSSR count). The van der Waals surface area contributed by atoms with Gasteiger partial charge in [0.15, 0.2) is 0 Å². The van der Waals surface area contributed by atoms with E-state index in [2.05, 4.69) is 20.5 Å². The van der Waals surface area contributed by atoms with Crippen molar-refractivity contribution in [2.45, 2.75) is 6.54 Å². The molecule has 0 spiro atoms. The van der Waals surface area contributed by atoms with E-state index in [1.165, 1.54) is 18.3 Å². The molecule has 2 N–H and O–H groups in total. The highest BCUT2D eigenvalue weighted by molar-refractivity contribution is 5.93. The summed E-state index contributed by atoms with van der Waals surface area (Å²) in [6.07, 6.45) is 2.68. The summed E-state index contributed by atoms with van der Waals surface area (Å²) in [7, 11) is 0. The van der Waals surface area contributed by atoms with Crippen molar-refractivity contribution in [3.63, 3.8) is 0 Å². The molecule has 0 aliphatic heterocycles. The molecule has 0 bridgehead atoms. The van der Waals surface area contributed by atoms with Crippen LogP contribution < -0.4 is 5.32 Å². The van der Waals surface area contributed by atoms with Crippen LogP contribution in [0.25, 0.3) is 0 Å². The number of aromatic carboxylic acids is 1. The number of rotatable bonds is 4. The molecule has 0 aliphatic carbocycles. The van der Waals surface area contributed by atoms with E-state index in [9.17, 15) is 9.59 Å². The highest BCUT2D eigenvalue weighted by Gasteiger charge is 2.09. The topological polar surface area (TPSA) is 105 Å². The van der Waals surface area contributed by atoms with E-state index in [4.69, 9.17) is 5.11 Å². The third-order valence-electron chi connectivity index (χ3n) is 2.30. The molecule has 0 unspecified atom stereocenters. The van der Waals surface area contributed by atoms with Gasteiger partial charge in [-0.1, -0.05) is 0 Å². The second-order valence-corrected chi connectivity index (χ2v) is 3.63. The van der Waals surface area contributed by atoms with Gasteiger partial charge in [-0.15, -0.1) is 0 Å². The maximum atomic E-state index is 11.7. The monoisotopic (exact) mass is 258 g/mol. The van der Waals surface area contributed by atoms with Gasteiger partial charge in [-0.3, -0.25) is 9.78 Å². The van der Waals surface area contributed by atoms with Crippen molar-refractivity contribution in [2.24, 2.45) is 0 Å². The fraction of sp³-hybridized carbons (Fsp3) is 0.0833. The molecule has 2 aromatic heterocycles. The molecule has 0 aromatic carbocycles. The third-order valence-corrected chi connectivity index (χ3v) is 2.30. The smallest absolute Gasteiger partial charge is 0.337 e. The number of hydrogen-bond acceptors (Lipinski definition) is 5. The molecule has 0 saturated carbocycles. The molecule has 7 nitrogen and oxygen atoms in total. The van der Waals surface area contributed by atoms with Crippen LogP contribution in [0.4, 0.5) is 0 Å². The fourth-order valence-corrected chi connectivity index (χ4v) is 1.34. The predicted molar refractivity (Wildman–Crippen MR) is 64.4 cm³/mol. The third kappa shape index (κ3) is 3.32. The van der Waals surface area contributed by atoms with Crippen molar-refractivity contribution in [3.05, 3.63) is 53.6 Å². The molecule has 0 saturated heterocycles. The Labute approximate surface area is 108 Å². The number of nitrogens with one attached hydrogen (secondary N) is 1. The average Bonchev–Trinajstić information content (AvgIpc) is 2.46. The van der Waals surface area contributed by atoms with Gasteiger partial charge in [0.05, 0.1) is 17.8 Å². The van der Waals surface area contributed by atoms with E-state index in [-0.39, 0.29) is 17.8 Å². The lowest BCUT2D eigenvalue weighted by atomic mass is 10.2. The van der Waals surface area contributed by atoms with E-state index in [1.807, 2.05) is 0 Å². The van der Waals surface area contributed by atoms with Crippen LogP contribution in [0.2, 0.25) is 0 Å². The first kappa shape index (κ1) is 12.6. The van der Waals surface area contributed by atoms with Crippen molar-refractivity contribution in [2.75, 3.05) is 0 Å². The van der Waals surface area contributed by atoms with Gasteiger partial charge < -0.3 is 10.4 Å². The van der Waals surface area contributed by atoms with Crippen LogP contribution in [-0.4, -0.2) is 32.2 Å². The maximum Gasteiger partial charge on any atom is 0.337 e. The van der Waals surface area contributed by atoms with Crippen molar-refractivity contribution < 1.29 is 14.7 Å². The van der Waals surface area contributed by atoms with Crippen LogP contribution in [0.1, 0.15) is 26.5 Å². The Kier molecular flexibility index (Phi) is 3.77. The summed E-state index contributed by atoms with van der Waals surface area (Å²) in [5, 5.41) is 18.8. The van der Waals surface area contributed by atoms with Crippen LogP contribution in [-0.2, 0) is 6.54 Å². The number of carboxylic acid groups (broad SMARTS) is 1. The molecular weight excluding hydrogens is 248 g/mol. The Morgan fingerprint density at radius 2 is 2.11 bits per heavy atom. The summed E-state index contributed by atoms with van der Waals surface area (Å²) in [4.78, 5) is 26.2. The minimum atomic E-state index is -1.08. The minimum Gasteiger partial charge on any atom is -0.478 e. The van der Waals surface area contributed by atoms with Crippen LogP contribution in [0, 0.1) is 0 Å². The summed E-state index contributed by atoms with van der Waals surface area (Å²) in [6.45, 7) is 0.231. The standard InChI is InChI=1S/C12H10N4O3/c17-11(14-7-9-2-1-5-15-16-9)10-4-3-8(6-13-10)12(18)19/h1-6H,7H2,(H,14,17)(H,18,19). The van der Waals surface area contributed by atoms with Crippen molar-refractivity contribution >= 4 is 11.9 Å². The summed E-state index contributed by atoms with van der Waals surface area (Å²) in [5.74, 6) is -1.48. The SMILES string of the molecule is O=C(O)c1ccc(C(=O)NCc2cccnn2)nc1. The van der Waals surface area contributed by atoms with E-state index in [0.29, 0.717) is 5.69 Å². The van der Waals surface area contributed by atoms with Crippen LogP contribution in [0.15, 0.2) is 36.7 Å². The Bertz CT molecular complexity index is 584. The number of hydrogen-bond donors (Lipinski definition) is 2. The second-order valence-electron chi connectivity index (χ2n) is 3.63. The quantitative estimate of drug-likeness (QED) is 0.827. The van der Waals surface area contributed by atoms with E-state index < -0.39 is 11.9 Å². The average molecular weight is 258 g/mol. The first-order valence-electron chi connectivity index (χ1n) is 5.41. The summed E-state index contributed by atoms with van der Waals surface area (Å²) < 4.78 is 0. The van der Waals surface area contributed by atoms with Crippen molar-refractivity contribution in [1.29, 1.82) is 0 Å². The highest BCUT2D eigenvalue weighted by atomic mass is 16.4. The van der Waals surface area contributed by atoms with E-state index in [0.717, 1.165) is 6.20 Å². The van der Waals surface area contributed by atoms with Gasteiger partial charge in [0.2, 0.25) is 0 Å². The Morgan fingerprint density at radius 3 is 2.68 bits per heavy atom. The van der Waals surface area contributed by atoms with Gasteiger partial charge in [0.1, 0.15) is 5.69 Å². The predicted octanol–water partition coefficient (Wildman–Crippen LogP) is 0.500. The zero-order chi connectivity index (χ0) is 13.7. The number of carboxylic acids is 1. The van der Waals surface area contributed by atoms with Crippen molar-refractivity contribution in [3.8, 4) is 0 Å². The highest BCUT2D eigenvalue weighted by Crippen LogP contribution is 2.01. The summed E-state index contributed by atoms with van der Waals surface area (Å²) in [5.41, 5.74) is 0.803. The van der Waals surface area contributed by atoms with Gasteiger partial charge in [-0.25, -0.2) is 4.79 Å². The first-order chi connectivity index (χ1) is 9.16. The normalized spacial score (nSPS) is 9.89. The zero-order valence-electron chi connectivity index (χ0n) is 9.78. The zero-order valence-corrected chi connectivity index (χ0v) is 9.78. The molecule has 96 valence electrons. The van der Waals surface area contributed by atoms with Crippen LogP contribution >= 0.6 is 0 Å². The molecule has 19 heavy (non-hydrogen) atoms. The number of amides is 1. The first-order valence-corrected chi connectivity index (χ1v) is 5.41. The maximum absolute atomic E-state index is 11.7. The molecule has 0 aliphatic rings. The fourth-order valence-electron chi connectivity index (χ4n) is 1.34. The van der Waals surface area contributed by atoms with Gasteiger partial charge >= 0.3 is 5.97 Å². The summed E-state index contributed by atoms with van der Waals surface area (Å²) >= 11 is 0. The van der Waals surface area contributed by atoms with Gasteiger partial charge in [0, 0.05) is 12.4 Å². The van der Waals surface area contributed by atoms with Crippen LogP contribution in [0.5, 0.6) is 0 Å². The Morgan fingerprint density at radius 1 is 1.26 bits per heavy atom. The Hall–Kier alpha value is -2.83. The molecule has 2 aromatic rings. The molecule has 0 atom stereocenters. The lowest BCUT2D eigenvalue weighted by molar-refractivity contribution is 0.0695. The Balaban J connectivity index is 1.98. The number of nitrogens with zero attached hydrogens (tertiary/aromatic N) is 3. The van der Waals surface area contributed by atoms with E-state index in [1.54, 1.807) is 12.1 Å². The van der Waals surface area contributed by atoms with E-state index >= 15 is 0 Å². The number of carbonyl (C=O) groups excluding carboxylic acids is 1. The van der Waals surface area contributed by atoms with Gasteiger partial charge in [-0.2, -0.15) is 10.2 Å². The number of pyridine rings is 1. The molecule has 7 heteroatoms. The van der Waals surface area contributed by atoms with Gasteiger partial charge in [0.25, 0.3) is 5.91 Å². The molecule has 2 heterocycles. The molecule has 0 fully saturated rings. The lowest BCUT2D eigenvalue weighted by Gasteiger charge is -2.03. The minimum absolute atomic E-state index is 0.0328. The molecular formula is C12H10N4O3. The summed E-state index contributed by atoms with van der Waals surface area (Å²) in [6, 6.07) is 6.13. The van der Waals surface area contributed by atoms with Crippen molar-refractivity contribution in [1.82, 2.24) is 20.5 Å². The number of aromatic nitrogens is 3. The largest absolute Gasteiger partial charge is 0.478 e. The molecule has 0 radical (unpaired) electrons. The van der Waals surface area contributed by atoms with Gasteiger partial charge in [-0.05, 0) is 24.3 Å². The van der Waals surface area contributed by atoms with Crippen LogP contribution in [0.3, 0.4) is 0 Å².